The lowest BCUT2D eigenvalue weighted by atomic mass is 10.1. The third-order valence-corrected chi connectivity index (χ3v) is 2.94. The number of benzene rings is 1. The van der Waals surface area contributed by atoms with Gasteiger partial charge >= 0.3 is 0 Å². The topological polar surface area (TPSA) is 58.7 Å². The summed E-state index contributed by atoms with van der Waals surface area (Å²) >= 11 is 0. The average molecular weight is 276 g/mol. The Hall–Kier alpha value is -1.69. The standard InChI is InChI=1S/C15H20N2O3/c1-17(9-13(18)11-19-2)10-14-8-15(16-20-14)12-6-4-3-5-7-12/h3-8,13,18H,9-11H2,1-2H3. The second-order valence-electron chi connectivity index (χ2n) is 4.85. The SMILES string of the molecule is COCC(O)CN(C)Cc1cc(-c2ccccc2)no1. The summed E-state index contributed by atoms with van der Waals surface area (Å²) in [5, 5.41) is 13.7. The minimum absolute atomic E-state index is 0.329. The summed E-state index contributed by atoms with van der Waals surface area (Å²) in [6.07, 6.45) is -0.499. The lowest BCUT2D eigenvalue weighted by molar-refractivity contribution is 0.0403. The van der Waals surface area contributed by atoms with E-state index < -0.39 is 6.10 Å². The van der Waals surface area contributed by atoms with E-state index in [0.29, 0.717) is 19.7 Å². The van der Waals surface area contributed by atoms with Gasteiger partial charge in [-0.3, -0.25) is 4.90 Å². The van der Waals surface area contributed by atoms with Gasteiger partial charge in [-0.25, -0.2) is 0 Å². The Morgan fingerprint density at radius 1 is 1.35 bits per heavy atom. The van der Waals surface area contributed by atoms with Gasteiger partial charge in [0.05, 0.1) is 19.3 Å². The molecule has 1 aromatic carbocycles. The van der Waals surface area contributed by atoms with Crippen molar-refractivity contribution in [1.82, 2.24) is 10.1 Å². The molecule has 2 rings (SSSR count). The van der Waals surface area contributed by atoms with Crippen LogP contribution in [0.4, 0.5) is 0 Å². The molecule has 1 atom stereocenters. The number of ether oxygens (including phenoxy) is 1. The molecular formula is C15H20N2O3. The van der Waals surface area contributed by atoms with Gasteiger partial charge in [0.25, 0.3) is 0 Å². The van der Waals surface area contributed by atoms with Crippen LogP contribution in [0.2, 0.25) is 0 Å². The van der Waals surface area contributed by atoms with Gasteiger partial charge in [-0.05, 0) is 7.05 Å². The molecule has 0 spiro atoms. The number of hydrogen-bond acceptors (Lipinski definition) is 5. The fourth-order valence-corrected chi connectivity index (χ4v) is 2.07. The predicted molar refractivity (Wildman–Crippen MR) is 76.2 cm³/mol. The van der Waals surface area contributed by atoms with Crippen molar-refractivity contribution in [2.45, 2.75) is 12.6 Å². The first kappa shape index (κ1) is 14.7. The third-order valence-electron chi connectivity index (χ3n) is 2.94. The molecule has 0 fully saturated rings. The first-order valence-electron chi connectivity index (χ1n) is 6.55. The van der Waals surface area contributed by atoms with Crippen LogP contribution in [-0.4, -0.2) is 48.6 Å². The summed E-state index contributed by atoms with van der Waals surface area (Å²) in [5.74, 6) is 0.774. The summed E-state index contributed by atoms with van der Waals surface area (Å²) in [7, 11) is 3.50. The van der Waals surface area contributed by atoms with E-state index in [9.17, 15) is 5.11 Å². The van der Waals surface area contributed by atoms with Crippen LogP contribution >= 0.6 is 0 Å². The number of likely N-dealkylation sites (N-methyl/N-ethyl adjacent to an activating group) is 1. The van der Waals surface area contributed by atoms with Gasteiger partial charge in [-0.2, -0.15) is 0 Å². The Morgan fingerprint density at radius 2 is 2.10 bits per heavy atom. The molecule has 0 saturated heterocycles. The Morgan fingerprint density at radius 3 is 2.80 bits per heavy atom. The van der Waals surface area contributed by atoms with Gasteiger partial charge < -0.3 is 14.4 Å². The number of methoxy groups -OCH3 is 1. The van der Waals surface area contributed by atoms with Gasteiger partial charge in [-0.1, -0.05) is 35.5 Å². The Balaban J connectivity index is 1.93. The fraction of sp³-hybridized carbons (Fsp3) is 0.400. The van der Waals surface area contributed by atoms with E-state index in [1.165, 1.54) is 0 Å². The molecule has 1 unspecified atom stereocenters. The van der Waals surface area contributed by atoms with Gasteiger partial charge in [0, 0.05) is 25.3 Å². The molecule has 5 heteroatoms. The highest BCUT2D eigenvalue weighted by Gasteiger charge is 2.12. The third kappa shape index (κ3) is 4.16. The molecule has 1 heterocycles. The molecule has 0 aliphatic heterocycles. The molecule has 2 aromatic rings. The zero-order valence-electron chi connectivity index (χ0n) is 11.8. The van der Waals surface area contributed by atoms with E-state index in [2.05, 4.69) is 5.16 Å². The Kier molecular flexibility index (Phi) is 5.29. The maximum Gasteiger partial charge on any atom is 0.151 e. The van der Waals surface area contributed by atoms with E-state index in [1.54, 1.807) is 7.11 Å². The highest BCUT2D eigenvalue weighted by Crippen LogP contribution is 2.19. The van der Waals surface area contributed by atoms with Crippen LogP contribution in [0.3, 0.4) is 0 Å². The van der Waals surface area contributed by atoms with E-state index in [1.807, 2.05) is 48.3 Å². The molecule has 0 amide bonds. The Bertz CT molecular complexity index is 513. The minimum atomic E-state index is -0.499. The van der Waals surface area contributed by atoms with Crippen molar-refractivity contribution in [1.29, 1.82) is 0 Å². The average Bonchev–Trinajstić information content (AvgIpc) is 2.88. The van der Waals surface area contributed by atoms with Crippen molar-refractivity contribution in [2.24, 2.45) is 0 Å². The predicted octanol–water partition coefficient (Wildman–Crippen LogP) is 1.78. The van der Waals surface area contributed by atoms with Crippen LogP contribution in [0.15, 0.2) is 40.9 Å². The van der Waals surface area contributed by atoms with Crippen molar-refractivity contribution in [3.8, 4) is 11.3 Å². The molecule has 0 bridgehead atoms. The summed E-state index contributed by atoms with van der Waals surface area (Å²) in [5.41, 5.74) is 1.86. The number of nitrogens with zero attached hydrogens (tertiary/aromatic N) is 2. The van der Waals surface area contributed by atoms with Crippen molar-refractivity contribution < 1.29 is 14.4 Å². The molecule has 1 aromatic heterocycles. The smallest absolute Gasteiger partial charge is 0.151 e. The first-order chi connectivity index (χ1) is 9.69. The maximum absolute atomic E-state index is 9.67. The van der Waals surface area contributed by atoms with Crippen molar-refractivity contribution in [3.63, 3.8) is 0 Å². The van der Waals surface area contributed by atoms with Crippen molar-refractivity contribution in [3.05, 3.63) is 42.2 Å². The van der Waals surface area contributed by atoms with E-state index in [-0.39, 0.29) is 0 Å². The van der Waals surface area contributed by atoms with Gasteiger partial charge in [0.15, 0.2) is 5.76 Å². The van der Waals surface area contributed by atoms with Gasteiger partial charge in [0.1, 0.15) is 5.69 Å². The zero-order valence-corrected chi connectivity index (χ0v) is 11.8. The van der Waals surface area contributed by atoms with Crippen molar-refractivity contribution >= 4 is 0 Å². The van der Waals surface area contributed by atoms with E-state index >= 15 is 0 Å². The summed E-state index contributed by atoms with van der Waals surface area (Å²) in [6, 6.07) is 11.8. The maximum atomic E-state index is 9.67. The summed E-state index contributed by atoms with van der Waals surface area (Å²) < 4.78 is 10.2. The lowest BCUT2D eigenvalue weighted by Crippen LogP contribution is -2.31. The van der Waals surface area contributed by atoms with Gasteiger partial charge in [-0.15, -0.1) is 0 Å². The highest BCUT2D eigenvalue weighted by atomic mass is 16.5. The molecular weight excluding hydrogens is 256 g/mol. The van der Waals surface area contributed by atoms with Crippen LogP contribution in [0.1, 0.15) is 5.76 Å². The van der Waals surface area contributed by atoms with Crippen molar-refractivity contribution in [2.75, 3.05) is 27.3 Å². The quantitative estimate of drug-likeness (QED) is 0.835. The van der Waals surface area contributed by atoms with Crippen LogP contribution in [-0.2, 0) is 11.3 Å². The molecule has 0 saturated carbocycles. The van der Waals surface area contributed by atoms with Crippen LogP contribution in [0.5, 0.6) is 0 Å². The second kappa shape index (κ2) is 7.19. The van der Waals surface area contributed by atoms with Gasteiger partial charge in [0.2, 0.25) is 0 Å². The molecule has 1 N–H and O–H groups in total. The largest absolute Gasteiger partial charge is 0.389 e. The second-order valence-corrected chi connectivity index (χ2v) is 4.85. The normalized spacial score (nSPS) is 12.8. The van der Waals surface area contributed by atoms with E-state index in [4.69, 9.17) is 9.26 Å². The molecule has 5 nitrogen and oxygen atoms in total. The molecule has 0 radical (unpaired) electrons. The minimum Gasteiger partial charge on any atom is -0.389 e. The monoisotopic (exact) mass is 276 g/mol. The van der Waals surface area contributed by atoms with Crippen LogP contribution < -0.4 is 0 Å². The van der Waals surface area contributed by atoms with E-state index in [0.717, 1.165) is 17.0 Å². The van der Waals surface area contributed by atoms with Crippen LogP contribution in [0, 0.1) is 0 Å². The summed E-state index contributed by atoms with van der Waals surface area (Å²) in [6.45, 7) is 1.45. The number of rotatable bonds is 7. The number of aliphatic hydroxyl groups is 1. The molecule has 108 valence electrons. The Labute approximate surface area is 118 Å². The fourth-order valence-electron chi connectivity index (χ4n) is 2.07. The van der Waals surface area contributed by atoms with Crippen LogP contribution in [0.25, 0.3) is 11.3 Å². The molecule has 20 heavy (non-hydrogen) atoms. The number of hydrogen-bond donors (Lipinski definition) is 1. The summed E-state index contributed by atoms with van der Waals surface area (Å²) in [4.78, 5) is 1.97. The highest BCUT2D eigenvalue weighted by molar-refractivity contribution is 5.58. The number of aromatic nitrogens is 1. The molecule has 0 aliphatic carbocycles. The molecule has 0 aliphatic rings. The lowest BCUT2D eigenvalue weighted by Gasteiger charge is -2.18. The number of aliphatic hydroxyl groups excluding tert-OH is 1. The zero-order chi connectivity index (χ0) is 14.4. The first-order valence-corrected chi connectivity index (χ1v) is 6.55.